The SMILES string of the molecule is NCc1ccc(-c2cc(=O)c3cc(Cl)ccc3o2)cc1. The van der Waals surface area contributed by atoms with Crippen LogP contribution in [0.2, 0.25) is 5.02 Å². The summed E-state index contributed by atoms with van der Waals surface area (Å²) in [6, 6.07) is 14.1. The summed E-state index contributed by atoms with van der Waals surface area (Å²) in [6.07, 6.45) is 0. The predicted molar refractivity (Wildman–Crippen MR) is 80.8 cm³/mol. The van der Waals surface area contributed by atoms with Gasteiger partial charge in [0, 0.05) is 23.2 Å². The van der Waals surface area contributed by atoms with Gasteiger partial charge >= 0.3 is 0 Å². The van der Waals surface area contributed by atoms with Crippen molar-refractivity contribution in [2.45, 2.75) is 6.54 Å². The molecule has 4 heteroatoms. The van der Waals surface area contributed by atoms with Crippen LogP contribution < -0.4 is 11.2 Å². The van der Waals surface area contributed by atoms with Crippen molar-refractivity contribution in [3.8, 4) is 11.3 Å². The molecule has 100 valence electrons. The van der Waals surface area contributed by atoms with Crippen LogP contribution in [-0.4, -0.2) is 0 Å². The minimum atomic E-state index is -0.105. The third kappa shape index (κ3) is 2.33. The standard InChI is InChI=1S/C16H12ClNO2/c17-12-5-6-15-13(7-12)14(19)8-16(20-15)11-3-1-10(9-18)2-4-11/h1-8H,9,18H2. The summed E-state index contributed by atoms with van der Waals surface area (Å²) in [5.41, 5.74) is 7.86. The minimum absolute atomic E-state index is 0.105. The molecule has 2 aromatic carbocycles. The summed E-state index contributed by atoms with van der Waals surface area (Å²) >= 11 is 5.89. The topological polar surface area (TPSA) is 56.2 Å². The van der Waals surface area contributed by atoms with E-state index >= 15 is 0 Å². The number of halogens is 1. The number of hydrogen-bond acceptors (Lipinski definition) is 3. The van der Waals surface area contributed by atoms with E-state index in [9.17, 15) is 4.79 Å². The first-order valence-electron chi connectivity index (χ1n) is 6.20. The second kappa shape index (κ2) is 5.12. The smallest absolute Gasteiger partial charge is 0.193 e. The van der Waals surface area contributed by atoms with Gasteiger partial charge < -0.3 is 10.2 Å². The molecule has 0 saturated carbocycles. The lowest BCUT2D eigenvalue weighted by Crippen LogP contribution is -2.00. The molecule has 1 heterocycles. The van der Waals surface area contributed by atoms with Crippen molar-refractivity contribution in [1.29, 1.82) is 0 Å². The Morgan fingerprint density at radius 2 is 1.80 bits per heavy atom. The second-order valence-electron chi connectivity index (χ2n) is 4.52. The van der Waals surface area contributed by atoms with Crippen LogP contribution in [0.4, 0.5) is 0 Å². The van der Waals surface area contributed by atoms with Crippen LogP contribution in [0.5, 0.6) is 0 Å². The molecule has 3 aromatic rings. The van der Waals surface area contributed by atoms with Crippen LogP contribution in [0.1, 0.15) is 5.56 Å². The Labute approximate surface area is 120 Å². The predicted octanol–water partition coefficient (Wildman–Crippen LogP) is 3.57. The van der Waals surface area contributed by atoms with Crippen molar-refractivity contribution in [1.82, 2.24) is 0 Å². The van der Waals surface area contributed by atoms with Gasteiger partial charge in [0.25, 0.3) is 0 Å². The van der Waals surface area contributed by atoms with Gasteiger partial charge in [0.15, 0.2) is 5.43 Å². The molecule has 0 atom stereocenters. The Balaban J connectivity index is 2.16. The Bertz CT molecular complexity index is 822. The van der Waals surface area contributed by atoms with Gasteiger partial charge in [-0.25, -0.2) is 0 Å². The highest BCUT2D eigenvalue weighted by molar-refractivity contribution is 6.31. The van der Waals surface area contributed by atoms with Crippen molar-refractivity contribution in [2.75, 3.05) is 0 Å². The van der Waals surface area contributed by atoms with Crippen LogP contribution in [0, 0.1) is 0 Å². The molecule has 20 heavy (non-hydrogen) atoms. The summed E-state index contributed by atoms with van der Waals surface area (Å²) in [5.74, 6) is 0.536. The van der Waals surface area contributed by atoms with E-state index in [0.29, 0.717) is 28.3 Å². The van der Waals surface area contributed by atoms with Gasteiger partial charge in [0.1, 0.15) is 11.3 Å². The maximum Gasteiger partial charge on any atom is 0.193 e. The molecule has 0 aliphatic carbocycles. The molecule has 2 N–H and O–H groups in total. The summed E-state index contributed by atoms with van der Waals surface area (Å²) in [7, 11) is 0. The second-order valence-corrected chi connectivity index (χ2v) is 4.95. The van der Waals surface area contributed by atoms with E-state index in [2.05, 4.69) is 0 Å². The Kier molecular flexibility index (Phi) is 3.30. The zero-order valence-corrected chi connectivity index (χ0v) is 11.4. The molecule has 0 fully saturated rings. The van der Waals surface area contributed by atoms with E-state index in [4.69, 9.17) is 21.8 Å². The quantitative estimate of drug-likeness (QED) is 0.783. The number of benzene rings is 2. The fourth-order valence-corrected chi connectivity index (χ4v) is 2.25. The first kappa shape index (κ1) is 12.9. The molecule has 0 saturated heterocycles. The van der Waals surface area contributed by atoms with Crippen LogP contribution in [0.15, 0.2) is 57.7 Å². The molecular formula is C16H12ClNO2. The highest BCUT2D eigenvalue weighted by atomic mass is 35.5. The van der Waals surface area contributed by atoms with E-state index in [1.165, 1.54) is 6.07 Å². The number of fused-ring (bicyclic) bond motifs is 1. The molecule has 0 bridgehead atoms. The average molecular weight is 286 g/mol. The van der Waals surface area contributed by atoms with Gasteiger partial charge in [-0.2, -0.15) is 0 Å². The monoisotopic (exact) mass is 285 g/mol. The lowest BCUT2D eigenvalue weighted by atomic mass is 10.1. The lowest BCUT2D eigenvalue weighted by Gasteiger charge is -2.04. The van der Waals surface area contributed by atoms with Gasteiger partial charge in [0.05, 0.1) is 5.39 Å². The summed E-state index contributed by atoms with van der Waals surface area (Å²) in [5, 5.41) is 1.00. The highest BCUT2D eigenvalue weighted by Crippen LogP contribution is 2.24. The Morgan fingerprint density at radius 3 is 2.50 bits per heavy atom. The minimum Gasteiger partial charge on any atom is -0.456 e. The molecule has 0 aliphatic rings. The molecule has 3 rings (SSSR count). The fourth-order valence-electron chi connectivity index (χ4n) is 2.08. The van der Waals surface area contributed by atoms with E-state index in [1.54, 1.807) is 18.2 Å². The molecular weight excluding hydrogens is 274 g/mol. The molecule has 1 aromatic heterocycles. The number of nitrogens with two attached hydrogens (primary N) is 1. The lowest BCUT2D eigenvalue weighted by molar-refractivity contribution is 0.619. The van der Waals surface area contributed by atoms with Crippen molar-refractivity contribution < 1.29 is 4.42 Å². The van der Waals surface area contributed by atoms with Gasteiger partial charge in [-0.1, -0.05) is 35.9 Å². The molecule has 0 spiro atoms. The maximum absolute atomic E-state index is 12.1. The van der Waals surface area contributed by atoms with Gasteiger partial charge in [0.2, 0.25) is 0 Å². The third-order valence-electron chi connectivity index (χ3n) is 3.16. The average Bonchev–Trinajstić information content (AvgIpc) is 2.48. The van der Waals surface area contributed by atoms with Crippen molar-refractivity contribution in [2.24, 2.45) is 5.73 Å². The van der Waals surface area contributed by atoms with E-state index in [1.807, 2.05) is 24.3 Å². The maximum atomic E-state index is 12.1. The van der Waals surface area contributed by atoms with E-state index in [0.717, 1.165) is 11.1 Å². The van der Waals surface area contributed by atoms with Gasteiger partial charge in [-0.3, -0.25) is 4.79 Å². The first-order valence-corrected chi connectivity index (χ1v) is 6.58. The summed E-state index contributed by atoms with van der Waals surface area (Å²) < 4.78 is 5.77. The normalized spacial score (nSPS) is 10.9. The molecule has 0 amide bonds. The molecule has 3 nitrogen and oxygen atoms in total. The fraction of sp³-hybridized carbons (Fsp3) is 0.0625. The van der Waals surface area contributed by atoms with E-state index < -0.39 is 0 Å². The van der Waals surface area contributed by atoms with Crippen molar-refractivity contribution in [3.63, 3.8) is 0 Å². The van der Waals surface area contributed by atoms with Crippen molar-refractivity contribution >= 4 is 22.6 Å². The van der Waals surface area contributed by atoms with E-state index in [-0.39, 0.29) is 5.43 Å². The van der Waals surface area contributed by atoms with Crippen LogP contribution in [0.25, 0.3) is 22.3 Å². The third-order valence-corrected chi connectivity index (χ3v) is 3.40. The largest absolute Gasteiger partial charge is 0.456 e. The first-order chi connectivity index (χ1) is 9.67. The Hall–Kier alpha value is -2.10. The van der Waals surface area contributed by atoms with Crippen LogP contribution >= 0.6 is 11.6 Å². The molecule has 0 unspecified atom stereocenters. The Morgan fingerprint density at radius 1 is 1.05 bits per heavy atom. The zero-order valence-electron chi connectivity index (χ0n) is 10.6. The highest BCUT2D eigenvalue weighted by Gasteiger charge is 2.07. The van der Waals surface area contributed by atoms with Crippen LogP contribution in [-0.2, 0) is 6.54 Å². The summed E-state index contributed by atoms with van der Waals surface area (Å²) in [4.78, 5) is 12.1. The van der Waals surface area contributed by atoms with Gasteiger partial charge in [-0.05, 0) is 23.8 Å². The van der Waals surface area contributed by atoms with Gasteiger partial charge in [-0.15, -0.1) is 0 Å². The number of rotatable bonds is 2. The molecule has 0 radical (unpaired) electrons. The van der Waals surface area contributed by atoms with Crippen LogP contribution in [0.3, 0.4) is 0 Å². The summed E-state index contributed by atoms with van der Waals surface area (Å²) in [6.45, 7) is 0.487. The zero-order chi connectivity index (χ0) is 14.1. The number of hydrogen-bond donors (Lipinski definition) is 1. The van der Waals surface area contributed by atoms with Crippen molar-refractivity contribution in [3.05, 3.63) is 69.3 Å². The molecule has 0 aliphatic heterocycles.